The lowest BCUT2D eigenvalue weighted by atomic mass is 10.1. The summed E-state index contributed by atoms with van der Waals surface area (Å²) in [4.78, 5) is 27.9. The summed E-state index contributed by atoms with van der Waals surface area (Å²) >= 11 is 0. The van der Waals surface area contributed by atoms with Gasteiger partial charge in [0.15, 0.2) is 0 Å². The van der Waals surface area contributed by atoms with Crippen molar-refractivity contribution in [2.75, 3.05) is 41.9 Å². The van der Waals surface area contributed by atoms with Gasteiger partial charge in [-0.15, -0.1) is 0 Å². The smallest absolute Gasteiger partial charge is 0.414 e. The largest absolute Gasteiger partial charge is 0.447 e. The third kappa shape index (κ3) is 3.96. The highest BCUT2D eigenvalue weighted by Gasteiger charge is 2.23. The van der Waals surface area contributed by atoms with Crippen molar-refractivity contribution in [3.8, 4) is 0 Å². The van der Waals surface area contributed by atoms with Gasteiger partial charge in [-0.2, -0.15) is 0 Å². The quantitative estimate of drug-likeness (QED) is 0.859. The van der Waals surface area contributed by atoms with E-state index < -0.39 is 0 Å². The summed E-state index contributed by atoms with van der Waals surface area (Å²) in [5.41, 5.74) is 3.02. The highest BCUT2D eigenvalue weighted by Crippen LogP contribution is 2.23. The lowest BCUT2D eigenvalue weighted by Crippen LogP contribution is -2.23. The molecule has 1 aliphatic rings. The van der Waals surface area contributed by atoms with Gasteiger partial charge in [0.2, 0.25) is 0 Å². The molecule has 136 valence electrons. The van der Waals surface area contributed by atoms with Crippen LogP contribution in [0.3, 0.4) is 0 Å². The Morgan fingerprint density at radius 2 is 2.00 bits per heavy atom. The second-order valence-electron chi connectivity index (χ2n) is 6.24. The van der Waals surface area contributed by atoms with Crippen molar-refractivity contribution in [3.63, 3.8) is 0 Å². The van der Waals surface area contributed by atoms with E-state index in [2.05, 4.69) is 17.1 Å². The first-order valence-corrected chi connectivity index (χ1v) is 8.75. The summed E-state index contributed by atoms with van der Waals surface area (Å²) < 4.78 is 4.95. The lowest BCUT2D eigenvalue weighted by Gasteiger charge is -2.18. The van der Waals surface area contributed by atoms with E-state index in [0.29, 0.717) is 30.1 Å². The number of carbonyl (C=O) groups is 2. The van der Waals surface area contributed by atoms with Crippen LogP contribution in [0.5, 0.6) is 0 Å². The Morgan fingerprint density at radius 3 is 2.65 bits per heavy atom. The molecule has 0 unspecified atom stereocenters. The Balaban J connectivity index is 1.69. The molecular formula is C20H23N3O3. The van der Waals surface area contributed by atoms with Crippen molar-refractivity contribution in [2.45, 2.75) is 13.3 Å². The normalized spacial score (nSPS) is 13.5. The van der Waals surface area contributed by atoms with E-state index in [1.54, 1.807) is 23.1 Å². The predicted molar refractivity (Wildman–Crippen MR) is 103 cm³/mol. The molecule has 0 aliphatic carbocycles. The van der Waals surface area contributed by atoms with E-state index in [-0.39, 0.29) is 12.0 Å². The van der Waals surface area contributed by atoms with E-state index in [4.69, 9.17) is 4.74 Å². The number of ether oxygens (including phenoxy) is 1. The van der Waals surface area contributed by atoms with Crippen LogP contribution >= 0.6 is 0 Å². The van der Waals surface area contributed by atoms with E-state index >= 15 is 0 Å². The zero-order valence-corrected chi connectivity index (χ0v) is 15.1. The van der Waals surface area contributed by atoms with Crippen LogP contribution < -0.4 is 15.1 Å². The lowest BCUT2D eigenvalue weighted by molar-refractivity contribution is 0.102. The molecule has 1 N–H and O–H groups in total. The Kier molecular flexibility index (Phi) is 5.41. The first-order chi connectivity index (χ1) is 12.6. The summed E-state index contributed by atoms with van der Waals surface area (Å²) in [5, 5.41) is 2.88. The van der Waals surface area contributed by atoms with Gasteiger partial charge in [0.25, 0.3) is 5.91 Å². The van der Waals surface area contributed by atoms with Gasteiger partial charge in [-0.1, -0.05) is 13.0 Å². The van der Waals surface area contributed by atoms with Crippen LogP contribution in [0.4, 0.5) is 21.9 Å². The SMILES string of the molecule is CCCN(C)c1ccc(C(=O)Nc2cccc(N3CCOC3=O)c2)cc1. The molecule has 6 heteroatoms. The summed E-state index contributed by atoms with van der Waals surface area (Å²) in [5.74, 6) is -0.184. The highest BCUT2D eigenvalue weighted by molar-refractivity contribution is 6.04. The molecule has 0 bridgehead atoms. The van der Waals surface area contributed by atoms with Gasteiger partial charge in [-0.05, 0) is 48.9 Å². The molecule has 6 nitrogen and oxygen atoms in total. The first-order valence-electron chi connectivity index (χ1n) is 8.75. The van der Waals surface area contributed by atoms with Crippen molar-refractivity contribution >= 4 is 29.1 Å². The topological polar surface area (TPSA) is 61.9 Å². The van der Waals surface area contributed by atoms with Gasteiger partial charge >= 0.3 is 6.09 Å². The Hall–Kier alpha value is -3.02. The second kappa shape index (κ2) is 7.91. The standard InChI is InChI=1S/C20H23N3O3/c1-3-11-22(2)17-9-7-15(8-10-17)19(24)21-16-5-4-6-18(14-16)23-12-13-26-20(23)25/h4-10,14H,3,11-13H2,1-2H3,(H,21,24). The third-order valence-electron chi connectivity index (χ3n) is 4.31. The summed E-state index contributed by atoms with van der Waals surface area (Å²) in [6.07, 6.45) is 0.708. The number of carbonyl (C=O) groups excluding carboxylic acids is 2. The van der Waals surface area contributed by atoms with Gasteiger partial charge < -0.3 is 15.0 Å². The molecule has 0 aromatic heterocycles. The molecular weight excluding hydrogens is 330 g/mol. The fraction of sp³-hybridized carbons (Fsp3) is 0.300. The summed E-state index contributed by atoms with van der Waals surface area (Å²) in [6, 6.07) is 14.7. The van der Waals surface area contributed by atoms with Crippen molar-refractivity contribution in [1.29, 1.82) is 0 Å². The van der Waals surface area contributed by atoms with Crippen LogP contribution in [-0.2, 0) is 4.74 Å². The molecule has 1 saturated heterocycles. The maximum atomic E-state index is 12.5. The van der Waals surface area contributed by atoms with Crippen molar-refractivity contribution in [1.82, 2.24) is 0 Å². The van der Waals surface area contributed by atoms with E-state index in [1.807, 2.05) is 37.4 Å². The Bertz CT molecular complexity index is 789. The number of rotatable bonds is 6. The molecule has 26 heavy (non-hydrogen) atoms. The minimum absolute atomic E-state index is 0.184. The Labute approximate surface area is 153 Å². The molecule has 2 aromatic carbocycles. The number of hydrogen-bond acceptors (Lipinski definition) is 4. The molecule has 1 aliphatic heterocycles. The third-order valence-corrected chi connectivity index (χ3v) is 4.31. The molecule has 0 atom stereocenters. The van der Waals surface area contributed by atoms with Crippen molar-refractivity contribution in [3.05, 3.63) is 54.1 Å². The van der Waals surface area contributed by atoms with Crippen LogP contribution in [0.2, 0.25) is 0 Å². The predicted octanol–water partition coefficient (Wildman–Crippen LogP) is 3.74. The molecule has 2 aromatic rings. The van der Waals surface area contributed by atoms with E-state index in [1.165, 1.54) is 0 Å². The highest BCUT2D eigenvalue weighted by atomic mass is 16.6. The fourth-order valence-electron chi connectivity index (χ4n) is 2.91. The number of cyclic esters (lactones) is 1. The maximum Gasteiger partial charge on any atom is 0.414 e. The zero-order valence-electron chi connectivity index (χ0n) is 15.1. The molecule has 1 heterocycles. The van der Waals surface area contributed by atoms with Gasteiger partial charge in [-0.3, -0.25) is 9.69 Å². The molecule has 1 fully saturated rings. The summed E-state index contributed by atoms with van der Waals surface area (Å²) in [6.45, 7) is 4.00. The van der Waals surface area contributed by atoms with Crippen LogP contribution in [0.15, 0.2) is 48.5 Å². The number of hydrogen-bond donors (Lipinski definition) is 1. The van der Waals surface area contributed by atoms with Crippen LogP contribution in [0.1, 0.15) is 23.7 Å². The fourth-order valence-corrected chi connectivity index (χ4v) is 2.91. The van der Waals surface area contributed by atoms with Gasteiger partial charge in [-0.25, -0.2) is 4.79 Å². The van der Waals surface area contributed by atoms with Crippen molar-refractivity contribution < 1.29 is 14.3 Å². The Morgan fingerprint density at radius 1 is 1.23 bits per heavy atom. The van der Waals surface area contributed by atoms with Gasteiger partial charge in [0.1, 0.15) is 6.61 Å². The number of nitrogens with one attached hydrogen (secondary N) is 1. The monoisotopic (exact) mass is 353 g/mol. The average molecular weight is 353 g/mol. The van der Waals surface area contributed by atoms with Crippen molar-refractivity contribution in [2.24, 2.45) is 0 Å². The molecule has 0 spiro atoms. The van der Waals surface area contributed by atoms with Crippen LogP contribution in [0, 0.1) is 0 Å². The first kappa shape index (κ1) is 17.8. The second-order valence-corrected chi connectivity index (χ2v) is 6.24. The van der Waals surface area contributed by atoms with Crippen LogP contribution in [0.25, 0.3) is 0 Å². The maximum absolute atomic E-state index is 12.5. The van der Waals surface area contributed by atoms with E-state index in [9.17, 15) is 9.59 Å². The number of benzene rings is 2. The summed E-state index contributed by atoms with van der Waals surface area (Å²) in [7, 11) is 2.04. The van der Waals surface area contributed by atoms with Gasteiger partial charge in [0, 0.05) is 36.2 Å². The van der Waals surface area contributed by atoms with Crippen LogP contribution in [-0.4, -0.2) is 38.7 Å². The molecule has 2 amide bonds. The van der Waals surface area contributed by atoms with E-state index in [0.717, 1.165) is 18.7 Å². The molecule has 0 radical (unpaired) electrons. The zero-order chi connectivity index (χ0) is 18.5. The van der Waals surface area contributed by atoms with Gasteiger partial charge in [0.05, 0.1) is 6.54 Å². The number of nitrogens with zero attached hydrogens (tertiary/aromatic N) is 2. The molecule has 0 saturated carbocycles. The number of amides is 2. The minimum atomic E-state index is -0.361. The average Bonchev–Trinajstić information content (AvgIpc) is 3.08. The minimum Gasteiger partial charge on any atom is -0.447 e. The number of anilines is 3. The molecule has 3 rings (SSSR count).